The molecule has 160 valence electrons. The van der Waals surface area contributed by atoms with Gasteiger partial charge in [0.05, 0.1) is 28.7 Å². The Hall–Kier alpha value is -4.44. The molecule has 5 aromatic rings. The highest BCUT2D eigenvalue weighted by Gasteiger charge is 2.21. The number of rotatable bonds is 5. The van der Waals surface area contributed by atoms with E-state index in [1.165, 1.54) is 0 Å². The number of pyridine rings is 2. The van der Waals surface area contributed by atoms with Crippen LogP contribution in [0.2, 0.25) is 0 Å². The summed E-state index contributed by atoms with van der Waals surface area (Å²) in [6.07, 6.45) is 0. The summed E-state index contributed by atoms with van der Waals surface area (Å²) >= 11 is 0. The van der Waals surface area contributed by atoms with Gasteiger partial charge in [-0.1, -0.05) is 66.7 Å². The van der Waals surface area contributed by atoms with Crippen LogP contribution in [0, 0.1) is 0 Å². The fourth-order valence-corrected chi connectivity index (χ4v) is 4.04. The first-order chi connectivity index (χ1) is 16.2. The van der Waals surface area contributed by atoms with Gasteiger partial charge in [-0.2, -0.15) is 0 Å². The molecule has 0 fully saturated rings. The summed E-state index contributed by atoms with van der Waals surface area (Å²) in [5.41, 5.74) is 5.46. The molecule has 0 atom stereocenters. The van der Waals surface area contributed by atoms with Gasteiger partial charge < -0.3 is 10.2 Å². The smallest absolute Gasteiger partial charge is 0.124 e. The fraction of sp³-hybridized carbons (Fsp3) is 0.0345. The van der Waals surface area contributed by atoms with Gasteiger partial charge in [-0.05, 0) is 54.1 Å². The molecule has 0 spiro atoms. The van der Waals surface area contributed by atoms with Crippen LogP contribution >= 0.6 is 0 Å². The van der Waals surface area contributed by atoms with Crippen molar-refractivity contribution in [2.75, 3.05) is 0 Å². The van der Waals surface area contributed by atoms with E-state index >= 15 is 0 Å². The lowest BCUT2D eigenvalue weighted by molar-refractivity contribution is 0.476. The van der Waals surface area contributed by atoms with E-state index in [1.54, 1.807) is 24.3 Å². The molecule has 0 unspecified atom stereocenters. The van der Waals surface area contributed by atoms with Crippen LogP contribution in [0.1, 0.15) is 22.9 Å². The van der Waals surface area contributed by atoms with Crippen molar-refractivity contribution in [3.05, 3.63) is 132 Å². The van der Waals surface area contributed by atoms with Crippen molar-refractivity contribution < 1.29 is 10.2 Å². The van der Waals surface area contributed by atoms with Crippen LogP contribution in [0.3, 0.4) is 0 Å². The summed E-state index contributed by atoms with van der Waals surface area (Å²) in [5, 5.41) is 20.7. The number of hydrogen-bond donors (Lipinski definition) is 2. The van der Waals surface area contributed by atoms with E-state index in [0.29, 0.717) is 22.5 Å². The van der Waals surface area contributed by atoms with Gasteiger partial charge in [0, 0.05) is 11.1 Å². The van der Waals surface area contributed by atoms with Crippen LogP contribution in [-0.2, 0) is 0 Å². The van der Waals surface area contributed by atoms with Crippen molar-refractivity contribution in [3.63, 3.8) is 0 Å². The normalized spacial score (nSPS) is 10.9. The Bertz CT molecular complexity index is 1310. The Kier molecular flexibility index (Phi) is 5.56. The maximum absolute atomic E-state index is 10.3. The molecular formula is C29H22N2O2. The lowest BCUT2D eigenvalue weighted by atomic mass is 9.90. The summed E-state index contributed by atoms with van der Waals surface area (Å²) < 4.78 is 0. The number of para-hydroxylation sites is 2. The van der Waals surface area contributed by atoms with Gasteiger partial charge in [0.25, 0.3) is 0 Å². The maximum Gasteiger partial charge on any atom is 0.124 e. The minimum Gasteiger partial charge on any atom is -0.507 e. The largest absolute Gasteiger partial charge is 0.507 e. The molecule has 0 saturated heterocycles. The van der Waals surface area contributed by atoms with Gasteiger partial charge in [-0.25, -0.2) is 0 Å². The van der Waals surface area contributed by atoms with Crippen LogP contribution in [-0.4, -0.2) is 20.2 Å². The number of hydrogen-bond acceptors (Lipinski definition) is 4. The lowest BCUT2D eigenvalue weighted by Crippen LogP contribution is -2.08. The van der Waals surface area contributed by atoms with Crippen molar-refractivity contribution in [1.82, 2.24) is 9.97 Å². The molecule has 2 N–H and O–H groups in total. The third-order valence-electron chi connectivity index (χ3n) is 5.63. The monoisotopic (exact) mass is 430 g/mol. The Morgan fingerprint density at radius 2 is 0.909 bits per heavy atom. The molecule has 0 aliphatic heterocycles. The highest BCUT2D eigenvalue weighted by molar-refractivity contribution is 5.68. The molecule has 3 aromatic carbocycles. The number of benzene rings is 3. The summed E-state index contributed by atoms with van der Waals surface area (Å²) in [4.78, 5) is 9.86. The first-order valence-electron chi connectivity index (χ1n) is 10.8. The van der Waals surface area contributed by atoms with Crippen LogP contribution in [0.4, 0.5) is 0 Å². The zero-order valence-corrected chi connectivity index (χ0v) is 17.8. The van der Waals surface area contributed by atoms with Crippen molar-refractivity contribution in [2.24, 2.45) is 0 Å². The molecule has 4 heteroatoms. The third-order valence-corrected chi connectivity index (χ3v) is 5.63. The van der Waals surface area contributed by atoms with Crippen LogP contribution in [0.15, 0.2) is 115 Å². The second kappa shape index (κ2) is 8.97. The van der Waals surface area contributed by atoms with Crippen molar-refractivity contribution in [3.8, 4) is 34.0 Å². The topological polar surface area (TPSA) is 66.2 Å². The predicted molar refractivity (Wildman–Crippen MR) is 130 cm³/mol. The van der Waals surface area contributed by atoms with Gasteiger partial charge in [0.15, 0.2) is 0 Å². The molecule has 0 aliphatic carbocycles. The molecule has 0 radical (unpaired) electrons. The second-order valence-electron chi connectivity index (χ2n) is 7.77. The number of phenolic OH excluding ortho intramolecular Hbond substituents is 2. The predicted octanol–water partition coefficient (Wildman–Crippen LogP) is 6.40. The Labute approximate surface area is 192 Å². The van der Waals surface area contributed by atoms with Crippen LogP contribution in [0.25, 0.3) is 22.5 Å². The number of nitrogens with zero attached hydrogens (tertiary/aromatic N) is 2. The van der Waals surface area contributed by atoms with E-state index in [1.807, 2.05) is 78.9 Å². The van der Waals surface area contributed by atoms with E-state index < -0.39 is 0 Å². The van der Waals surface area contributed by atoms with Gasteiger partial charge in [-0.15, -0.1) is 0 Å². The zero-order valence-electron chi connectivity index (χ0n) is 17.8. The molecule has 5 rings (SSSR count). The summed E-state index contributed by atoms with van der Waals surface area (Å²) in [7, 11) is 0. The molecule has 33 heavy (non-hydrogen) atoms. The Morgan fingerprint density at radius 3 is 1.39 bits per heavy atom. The van der Waals surface area contributed by atoms with E-state index in [9.17, 15) is 10.2 Å². The molecule has 0 aliphatic rings. The summed E-state index contributed by atoms with van der Waals surface area (Å²) in [5.74, 6) is 0.166. The van der Waals surface area contributed by atoms with E-state index in [-0.39, 0.29) is 17.4 Å². The quantitative estimate of drug-likeness (QED) is 0.338. The van der Waals surface area contributed by atoms with Crippen molar-refractivity contribution in [1.29, 1.82) is 0 Å². The third kappa shape index (κ3) is 4.19. The molecule has 2 aromatic heterocycles. The SMILES string of the molecule is Oc1ccccc1-c1cccc(C(c2ccccc2)c2cccc(-c3ccccc3O)n2)n1. The average Bonchev–Trinajstić information content (AvgIpc) is 2.86. The number of aromatic nitrogens is 2. The molecular weight excluding hydrogens is 408 g/mol. The zero-order chi connectivity index (χ0) is 22.6. The molecule has 0 saturated carbocycles. The summed E-state index contributed by atoms with van der Waals surface area (Å²) in [6.45, 7) is 0. The van der Waals surface area contributed by atoms with Crippen molar-refractivity contribution in [2.45, 2.75) is 5.92 Å². The van der Waals surface area contributed by atoms with E-state index in [2.05, 4.69) is 12.1 Å². The maximum atomic E-state index is 10.3. The van der Waals surface area contributed by atoms with Crippen molar-refractivity contribution >= 4 is 0 Å². The Balaban J connectivity index is 1.65. The Morgan fingerprint density at radius 1 is 0.455 bits per heavy atom. The number of aromatic hydroxyl groups is 2. The minimum absolute atomic E-state index is 0.193. The summed E-state index contributed by atoms with van der Waals surface area (Å²) in [6, 6.07) is 36.2. The highest BCUT2D eigenvalue weighted by Crippen LogP contribution is 2.35. The van der Waals surface area contributed by atoms with E-state index in [4.69, 9.17) is 9.97 Å². The molecule has 2 heterocycles. The standard InChI is InChI=1S/C29H22N2O2/c32-27-18-6-4-12-21(27)23-14-8-16-25(30-23)29(20-10-2-1-3-11-20)26-17-9-15-24(31-26)22-13-5-7-19-28(22)33/h1-19,29,32-33H. The van der Waals surface area contributed by atoms with E-state index in [0.717, 1.165) is 17.0 Å². The lowest BCUT2D eigenvalue weighted by Gasteiger charge is -2.19. The minimum atomic E-state index is -0.220. The first kappa shape index (κ1) is 20.5. The molecule has 0 amide bonds. The number of phenols is 2. The van der Waals surface area contributed by atoms with Gasteiger partial charge in [0.2, 0.25) is 0 Å². The van der Waals surface area contributed by atoms with Crippen LogP contribution < -0.4 is 0 Å². The van der Waals surface area contributed by atoms with Gasteiger partial charge in [0.1, 0.15) is 11.5 Å². The average molecular weight is 431 g/mol. The fourth-order valence-electron chi connectivity index (χ4n) is 4.04. The second-order valence-corrected chi connectivity index (χ2v) is 7.77. The van der Waals surface area contributed by atoms with Crippen LogP contribution in [0.5, 0.6) is 11.5 Å². The van der Waals surface area contributed by atoms with Gasteiger partial charge >= 0.3 is 0 Å². The highest BCUT2D eigenvalue weighted by atomic mass is 16.3. The first-order valence-corrected chi connectivity index (χ1v) is 10.8. The molecule has 4 nitrogen and oxygen atoms in total. The molecule has 0 bridgehead atoms. The van der Waals surface area contributed by atoms with Gasteiger partial charge in [-0.3, -0.25) is 9.97 Å².